The lowest BCUT2D eigenvalue weighted by Gasteiger charge is -2.42. The molecule has 3 heteroatoms. The molecule has 0 amide bonds. The summed E-state index contributed by atoms with van der Waals surface area (Å²) < 4.78 is 11.4. The summed E-state index contributed by atoms with van der Waals surface area (Å²) in [5.74, 6) is 0. The minimum absolute atomic E-state index is 0.0855. The highest BCUT2D eigenvalue weighted by Crippen LogP contribution is 2.34. The lowest BCUT2D eigenvalue weighted by molar-refractivity contribution is -0.271. The molecule has 3 nitrogen and oxygen atoms in total. The lowest BCUT2D eigenvalue weighted by atomic mass is 9.85. The van der Waals surface area contributed by atoms with E-state index < -0.39 is 0 Å². The van der Waals surface area contributed by atoms with Crippen molar-refractivity contribution in [3.63, 3.8) is 0 Å². The Labute approximate surface area is 92.8 Å². The molecule has 1 saturated heterocycles. The molecule has 0 bridgehead atoms. The second-order valence-electron chi connectivity index (χ2n) is 5.66. The minimum atomic E-state index is -0.312. The van der Waals surface area contributed by atoms with E-state index in [1.807, 2.05) is 13.8 Å². The molecule has 0 unspecified atom stereocenters. The summed E-state index contributed by atoms with van der Waals surface area (Å²) in [7, 11) is 0. The fourth-order valence-electron chi connectivity index (χ4n) is 1.92. The third-order valence-electron chi connectivity index (χ3n) is 3.07. The van der Waals surface area contributed by atoms with Crippen LogP contribution in [-0.2, 0) is 9.47 Å². The van der Waals surface area contributed by atoms with Gasteiger partial charge in [0.1, 0.15) is 0 Å². The van der Waals surface area contributed by atoms with E-state index in [9.17, 15) is 5.11 Å². The van der Waals surface area contributed by atoms with Gasteiger partial charge in [0.05, 0.1) is 19.8 Å². The van der Waals surface area contributed by atoms with Gasteiger partial charge in [0.25, 0.3) is 0 Å². The quantitative estimate of drug-likeness (QED) is 0.783. The standard InChI is InChI=1S/C12H24O3/c1-5-6-12(4)8-14-10(15-9-12)11(2,3)7-13/h10,13H,5-9H2,1-4H3. The molecule has 0 atom stereocenters. The first-order chi connectivity index (χ1) is 6.93. The van der Waals surface area contributed by atoms with Gasteiger partial charge in [-0.1, -0.05) is 34.1 Å². The van der Waals surface area contributed by atoms with Crippen LogP contribution in [0.1, 0.15) is 40.5 Å². The Hall–Kier alpha value is -0.120. The topological polar surface area (TPSA) is 38.7 Å². The Morgan fingerprint density at radius 2 is 1.87 bits per heavy atom. The molecule has 1 N–H and O–H groups in total. The highest BCUT2D eigenvalue weighted by molar-refractivity contribution is 4.81. The van der Waals surface area contributed by atoms with E-state index in [4.69, 9.17) is 9.47 Å². The van der Waals surface area contributed by atoms with E-state index in [0.29, 0.717) is 0 Å². The molecule has 90 valence electrons. The zero-order valence-corrected chi connectivity index (χ0v) is 10.4. The van der Waals surface area contributed by atoms with Crippen LogP contribution < -0.4 is 0 Å². The predicted molar refractivity (Wildman–Crippen MR) is 59.6 cm³/mol. The van der Waals surface area contributed by atoms with Gasteiger partial charge in [0.15, 0.2) is 6.29 Å². The van der Waals surface area contributed by atoms with Crippen molar-refractivity contribution in [2.45, 2.75) is 46.8 Å². The van der Waals surface area contributed by atoms with Gasteiger partial charge in [0.2, 0.25) is 0 Å². The van der Waals surface area contributed by atoms with Crippen molar-refractivity contribution < 1.29 is 14.6 Å². The Morgan fingerprint density at radius 1 is 1.33 bits per heavy atom. The molecule has 0 aromatic heterocycles. The van der Waals surface area contributed by atoms with E-state index in [1.165, 1.54) is 0 Å². The van der Waals surface area contributed by atoms with Crippen LogP contribution in [0.15, 0.2) is 0 Å². The summed E-state index contributed by atoms with van der Waals surface area (Å²) in [5, 5.41) is 9.22. The van der Waals surface area contributed by atoms with Crippen LogP contribution in [-0.4, -0.2) is 31.2 Å². The van der Waals surface area contributed by atoms with E-state index in [1.54, 1.807) is 0 Å². The Balaban J connectivity index is 2.48. The highest BCUT2D eigenvalue weighted by atomic mass is 16.7. The van der Waals surface area contributed by atoms with Crippen LogP contribution in [0.4, 0.5) is 0 Å². The van der Waals surface area contributed by atoms with Gasteiger partial charge < -0.3 is 14.6 Å². The Kier molecular flexibility index (Phi) is 4.15. The average Bonchev–Trinajstić information content (AvgIpc) is 2.18. The maximum absolute atomic E-state index is 9.22. The minimum Gasteiger partial charge on any atom is -0.396 e. The SMILES string of the molecule is CCCC1(C)COC(C(C)(C)CO)OC1. The largest absolute Gasteiger partial charge is 0.396 e. The van der Waals surface area contributed by atoms with Crippen molar-refractivity contribution in [2.75, 3.05) is 19.8 Å². The lowest BCUT2D eigenvalue weighted by Crippen LogP contribution is -2.47. The summed E-state index contributed by atoms with van der Waals surface area (Å²) in [6, 6.07) is 0. The molecule has 1 rings (SSSR count). The van der Waals surface area contributed by atoms with Crippen LogP contribution in [0.3, 0.4) is 0 Å². The number of hydrogen-bond acceptors (Lipinski definition) is 3. The third kappa shape index (κ3) is 3.16. The first-order valence-corrected chi connectivity index (χ1v) is 5.77. The van der Waals surface area contributed by atoms with Gasteiger partial charge in [-0.2, -0.15) is 0 Å². The molecule has 15 heavy (non-hydrogen) atoms. The van der Waals surface area contributed by atoms with Gasteiger partial charge in [-0.15, -0.1) is 0 Å². The molecule has 0 aromatic rings. The van der Waals surface area contributed by atoms with Crippen molar-refractivity contribution in [3.05, 3.63) is 0 Å². The first kappa shape index (κ1) is 12.9. The molecule has 0 aromatic carbocycles. The summed E-state index contributed by atoms with van der Waals surface area (Å²) in [6.07, 6.45) is 2.00. The molecule has 0 saturated carbocycles. The maximum Gasteiger partial charge on any atom is 0.164 e. The summed E-state index contributed by atoms with van der Waals surface area (Å²) in [5.41, 5.74) is -0.162. The van der Waals surface area contributed by atoms with Gasteiger partial charge in [-0.3, -0.25) is 0 Å². The summed E-state index contributed by atoms with van der Waals surface area (Å²) in [4.78, 5) is 0. The highest BCUT2D eigenvalue weighted by Gasteiger charge is 2.39. The Bertz CT molecular complexity index is 193. The third-order valence-corrected chi connectivity index (χ3v) is 3.07. The summed E-state index contributed by atoms with van der Waals surface area (Å²) >= 11 is 0. The van der Waals surface area contributed by atoms with Crippen molar-refractivity contribution in [3.8, 4) is 0 Å². The van der Waals surface area contributed by atoms with Gasteiger partial charge in [0, 0.05) is 10.8 Å². The molecule has 1 aliphatic rings. The molecule has 1 heterocycles. The van der Waals surface area contributed by atoms with Gasteiger partial charge in [-0.05, 0) is 6.42 Å². The van der Waals surface area contributed by atoms with E-state index in [2.05, 4.69) is 13.8 Å². The van der Waals surface area contributed by atoms with Crippen LogP contribution in [0, 0.1) is 10.8 Å². The summed E-state index contributed by atoms with van der Waals surface area (Å²) in [6.45, 7) is 9.83. The normalized spacial score (nSPS) is 33.0. The fourth-order valence-corrected chi connectivity index (χ4v) is 1.92. The predicted octanol–water partition coefficient (Wildman–Crippen LogP) is 2.18. The molecular weight excluding hydrogens is 192 g/mol. The van der Waals surface area contributed by atoms with E-state index in [0.717, 1.165) is 26.1 Å². The number of ether oxygens (including phenoxy) is 2. The smallest absolute Gasteiger partial charge is 0.164 e. The van der Waals surface area contributed by atoms with Crippen molar-refractivity contribution in [1.82, 2.24) is 0 Å². The molecule has 0 radical (unpaired) electrons. The number of rotatable bonds is 4. The monoisotopic (exact) mass is 216 g/mol. The zero-order chi connectivity index (χ0) is 11.5. The van der Waals surface area contributed by atoms with Crippen molar-refractivity contribution in [2.24, 2.45) is 10.8 Å². The van der Waals surface area contributed by atoms with E-state index in [-0.39, 0.29) is 23.7 Å². The number of aliphatic hydroxyl groups is 1. The first-order valence-electron chi connectivity index (χ1n) is 5.77. The molecule has 1 fully saturated rings. The van der Waals surface area contributed by atoms with Crippen molar-refractivity contribution in [1.29, 1.82) is 0 Å². The van der Waals surface area contributed by atoms with Crippen molar-refractivity contribution >= 4 is 0 Å². The molecule has 0 aliphatic carbocycles. The van der Waals surface area contributed by atoms with Gasteiger partial charge in [-0.25, -0.2) is 0 Å². The zero-order valence-electron chi connectivity index (χ0n) is 10.4. The fraction of sp³-hybridized carbons (Fsp3) is 1.00. The van der Waals surface area contributed by atoms with Crippen LogP contribution in [0.25, 0.3) is 0 Å². The van der Waals surface area contributed by atoms with Crippen LogP contribution in [0.5, 0.6) is 0 Å². The molecule has 0 spiro atoms. The van der Waals surface area contributed by atoms with Gasteiger partial charge >= 0.3 is 0 Å². The Morgan fingerprint density at radius 3 is 2.27 bits per heavy atom. The second kappa shape index (κ2) is 4.81. The number of aliphatic hydroxyl groups excluding tert-OH is 1. The average molecular weight is 216 g/mol. The second-order valence-corrected chi connectivity index (χ2v) is 5.66. The van der Waals surface area contributed by atoms with Crippen LogP contribution in [0.2, 0.25) is 0 Å². The number of hydrogen-bond donors (Lipinski definition) is 1. The molecular formula is C12H24O3. The molecule has 1 aliphatic heterocycles. The van der Waals surface area contributed by atoms with Crippen LogP contribution >= 0.6 is 0 Å². The van der Waals surface area contributed by atoms with E-state index >= 15 is 0 Å². The maximum atomic E-state index is 9.22.